The first-order chi connectivity index (χ1) is 6.02. The van der Waals surface area contributed by atoms with Gasteiger partial charge in [-0.25, -0.2) is 0 Å². The van der Waals surface area contributed by atoms with Crippen molar-refractivity contribution in [2.75, 3.05) is 0 Å². The van der Waals surface area contributed by atoms with E-state index < -0.39 is 0 Å². The van der Waals surface area contributed by atoms with E-state index in [1.165, 1.54) is 5.56 Å². The molecule has 0 bridgehead atoms. The molecule has 0 heterocycles. The summed E-state index contributed by atoms with van der Waals surface area (Å²) in [5.41, 5.74) is 1.27. The second kappa shape index (κ2) is 4.49. The third-order valence-corrected chi connectivity index (χ3v) is 3.26. The van der Waals surface area contributed by atoms with Gasteiger partial charge in [-0.15, -0.1) is 12.6 Å². The molecule has 0 unspecified atom stereocenters. The van der Waals surface area contributed by atoms with Crippen molar-refractivity contribution in [3.8, 4) is 0 Å². The zero-order chi connectivity index (χ0) is 9.90. The smallest absolute Gasteiger partial charge is 0.102 e. The van der Waals surface area contributed by atoms with Crippen molar-refractivity contribution in [3.05, 3.63) is 35.9 Å². The Labute approximate surface area is 94.5 Å². The zero-order valence-corrected chi connectivity index (χ0v) is 10.2. The number of rotatable bonds is 2. The zero-order valence-electron chi connectivity index (χ0n) is 7.65. The molecule has 0 aliphatic carbocycles. The summed E-state index contributed by atoms with van der Waals surface area (Å²) < 4.78 is 0.703. The Bertz CT molecular complexity index is 290. The van der Waals surface area contributed by atoms with Crippen LogP contribution in [0.2, 0.25) is 0 Å². The van der Waals surface area contributed by atoms with Gasteiger partial charge in [0.05, 0.1) is 0 Å². The van der Waals surface area contributed by atoms with E-state index >= 15 is 0 Å². The van der Waals surface area contributed by atoms with Crippen LogP contribution in [0.15, 0.2) is 30.3 Å². The molecule has 0 atom stereocenters. The van der Waals surface area contributed by atoms with Gasteiger partial charge in [-0.1, -0.05) is 54.3 Å². The van der Waals surface area contributed by atoms with Gasteiger partial charge in [0.15, 0.2) is 0 Å². The Balaban J connectivity index is 2.87. The highest BCUT2D eigenvalue weighted by atomic mass is 32.2. The van der Waals surface area contributed by atoms with Crippen molar-refractivity contribution in [2.24, 2.45) is 0 Å². The molecule has 1 aromatic carbocycles. The summed E-state index contributed by atoms with van der Waals surface area (Å²) in [5, 5.41) is 0. The molecule has 0 saturated carbocycles. The Morgan fingerprint density at radius 2 is 1.85 bits per heavy atom. The van der Waals surface area contributed by atoms with Crippen molar-refractivity contribution in [1.29, 1.82) is 0 Å². The summed E-state index contributed by atoms with van der Waals surface area (Å²) in [6, 6.07) is 10.3. The van der Waals surface area contributed by atoms with Crippen LogP contribution in [0.1, 0.15) is 19.4 Å². The third kappa shape index (κ3) is 3.33. The van der Waals surface area contributed by atoms with Crippen LogP contribution in [-0.2, 0) is 4.75 Å². The van der Waals surface area contributed by atoms with Crippen molar-refractivity contribution in [2.45, 2.75) is 18.6 Å². The van der Waals surface area contributed by atoms with Crippen LogP contribution in [0.5, 0.6) is 0 Å². The van der Waals surface area contributed by atoms with Gasteiger partial charge >= 0.3 is 0 Å². The summed E-state index contributed by atoms with van der Waals surface area (Å²) in [4.78, 5) is 0. The predicted molar refractivity (Wildman–Crippen MR) is 68.6 cm³/mol. The monoisotopic (exact) mass is 228 g/mol. The molecule has 70 valence electrons. The normalized spacial score (nSPS) is 11.3. The molecule has 0 aliphatic rings. The van der Waals surface area contributed by atoms with Gasteiger partial charge in [0.2, 0.25) is 0 Å². The molecule has 0 N–H and O–H groups in total. The highest BCUT2D eigenvalue weighted by molar-refractivity contribution is 8.42. The predicted octanol–water partition coefficient (Wildman–Crippen LogP) is 3.87. The maximum absolute atomic E-state index is 4.97. The Hall–Kier alpha value is 0.01000. The molecule has 0 amide bonds. The molecule has 1 rings (SSSR count). The lowest BCUT2D eigenvalue weighted by molar-refractivity contribution is 0.788. The molecule has 0 saturated heterocycles. The summed E-state index contributed by atoms with van der Waals surface area (Å²) in [5.74, 6) is 0. The van der Waals surface area contributed by atoms with E-state index in [1.54, 1.807) is 11.8 Å². The van der Waals surface area contributed by atoms with Gasteiger partial charge in [0.1, 0.15) is 3.53 Å². The standard InChI is InChI=1S/C10H12S3/c1-10(2,13-9(11)12)8-6-4-3-5-7-8/h3-7H,1-2H3,(H,11,12). The number of thiocarbonyl (C=S) groups is 1. The van der Waals surface area contributed by atoms with Crippen LogP contribution in [-0.4, -0.2) is 3.53 Å². The number of hydrogen-bond acceptors (Lipinski definition) is 2. The lowest BCUT2D eigenvalue weighted by Crippen LogP contribution is -2.12. The molecule has 0 nitrogen and oxygen atoms in total. The molecule has 0 radical (unpaired) electrons. The Morgan fingerprint density at radius 1 is 1.31 bits per heavy atom. The third-order valence-electron chi connectivity index (χ3n) is 1.81. The van der Waals surface area contributed by atoms with Crippen LogP contribution in [0, 0.1) is 0 Å². The molecule has 0 aliphatic heterocycles. The first-order valence-corrected chi connectivity index (χ1v) is 5.67. The lowest BCUT2D eigenvalue weighted by atomic mass is 10.0. The average molecular weight is 228 g/mol. The van der Waals surface area contributed by atoms with Gasteiger partial charge in [0.25, 0.3) is 0 Å². The van der Waals surface area contributed by atoms with E-state index in [0.717, 1.165) is 0 Å². The van der Waals surface area contributed by atoms with Crippen molar-refractivity contribution in [3.63, 3.8) is 0 Å². The number of thioether (sulfide) groups is 1. The van der Waals surface area contributed by atoms with Gasteiger partial charge in [-0.2, -0.15) is 0 Å². The minimum absolute atomic E-state index is 0.0140. The molecular formula is C10H12S3. The van der Waals surface area contributed by atoms with Crippen molar-refractivity contribution < 1.29 is 0 Å². The van der Waals surface area contributed by atoms with Crippen LogP contribution in [0.3, 0.4) is 0 Å². The highest BCUT2D eigenvalue weighted by Gasteiger charge is 2.21. The van der Waals surface area contributed by atoms with E-state index in [0.29, 0.717) is 3.53 Å². The number of thiol groups is 1. The summed E-state index contributed by atoms with van der Waals surface area (Å²) >= 11 is 10.7. The van der Waals surface area contributed by atoms with Crippen LogP contribution >= 0.6 is 36.6 Å². The maximum atomic E-state index is 4.97. The lowest BCUT2D eigenvalue weighted by Gasteiger charge is -2.23. The van der Waals surface area contributed by atoms with Gasteiger partial charge < -0.3 is 0 Å². The quantitative estimate of drug-likeness (QED) is 0.603. The molecule has 3 heteroatoms. The maximum Gasteiger partial charge on any atom is 0.102 e. The van der Waals surface area contributed by atoms with E-state index in [-0.39, 0.29) is 4.75 Å². The Kier molecular flexibility index (Phi) is 3.83. The molecule has 1 aromatic rings. The van der Waals surface area contributed by atoms with Crippen LogP contribution in [0.4, 0.5) is 0 Å². The molecule has 0 aromatic heterocycles. The van der Waals surface area contributed by atoms with Crippen molar-refractivity contribution >= 4 is 40.1 Å². The second-order valence-electron chi connectivity index (χ2n) is 3.24. The topological polar surface area (TPSA) is 0 Å². The SMILES string of the molecule is CC(C)(SC(=S)S)c1ccccc1. The van der Waals surface area contributed by atoms with Gasteiger partial charge in [0, 0.05) is 4.75 Å². The summed E-state index contributed by atoms with van der Waals surface area (Å²) in [7, 11) is 0. The largest absolute Gasteiger partial charge is 0.125 e. The molecular weight excluding hydrogens is 216 g/mol. The fourth-order valence-electron chi connectivity index (χ4n) is 1.12. The Morgan fingerprint density at radius 3 is 2.31 bits per heavy atom. The first-order valence-electron chi connectivity index (χ1n) is 4.00. The minimum Gasteiger partial charge on any atom is -0.125 e. The fraction of sp³-hybridized carbons (Fsp3) is 0.300. The van der Waals surface area contributed by atoms with E-state index in [4.69, 9.17) is 12.2 Å². The minimum atomic E-state index is 0.0140. The first kappa shape index (κ1) is 11.1. The van der Waals surface area contributed by atoms with Crippen LogP contribution < -0.4 is 0 Å². The van der Waals surface area contributed by atoms with Gasteiger partial charge in [-0.05, 0) is 19.4 Å². The summed E-state index contributed by atoms with van der Waals surface area (Å²) in [6.45, 7) is 4.30. The van der Waals surface area contributed by atoms with E-state index in [9.17, 15) is 0 Å². The van der Waals surface area contributed by atoms with Crippen molar-refractivity contribution in [1.82, 2.24) is 0 Å². The van der Waals surface area contributed by atoms with Crippen LogP contribution in [0.25, 0.3) is 0 Å². The number of hydrogen-bond donors (Lipinski definition) is 1. The van der Waals surface area contributed by atoms with E-state index in [2.05, 4.69) is 38.6 Å². The van der Waals surface area contributed by atoms with E-state index in [1.807, 2.05) is 18.2 Å². The summed E-state index contributed by atoms with van der Waals surface area (Å²) in [6.07, 6.45) is 0. The van der Waals surface area contributed by atoms with Gasteiger partial charge in [-0.3, -0.25) is 0 Å². The average Bonchev–Trinajstić information content (AvgIpc) is 2.04. The highest BCUT2D eigenvalue weighted by Crippen LogP contribution is 2.37. The molecule has 0 fully saturated rings. The number of benzene rings is 1. The molecule has 0 spiro atoms. The molecule has 13 heavy (non-hydrogen) atoms. The fourth-order valence-corrected chi connectivity index (χ4v) is 3.12. The second-order valence-corrected chi connectivity index (χ2v) is 6.60.